The lowest BCUT2D eigenvalue weighted by atomic mass is 9.73. The summed E-state index contributed by atoms with van der Waals surface area (Å²) in [6.07, 6.45) is 0.791. The van der Waals surface area contributed by atoms with Crippen molar-refractivity contribution < 1.29 is 19.1 Å². The Kier molecular flexibility index (Phi) is 3.22. The maximum atomic E-state index is 12.5. The van der Waals surface area contributed by atoms with Gasteiger partial charge in [-0.05, 0) is 23.8 Å². The van der Waals surface area contributed by atoms with Gasteiger partial charge in [0.15, 0.2) is 0 Å². The zero-order valence-electron chi connectivity index (χ0n) is 11.5. The van der Waals surface area contributed by atoms with Gasteiger partial charge in [0.1, 0.15) is 23.2 Å². The van der Waals surface area contributed by atoms with Gasteiger partial charge in [-0.2, -0.15) is 0 Å². The Labute approximate surface area is 122 Å². The average molecular weight is 282 g/mol. The summed E-state index contributed by atoms with van der Waals surface area (Å²) >= 11 is 0. The molecule has 4 heteroatoms. The van der Waals surface area contributed by atoms with Gasteiger partial charge in [0, 0.05) is 12.0 Å². The van der Waals surface area contributed by atoms with E-state index in [2.05, 4.69) is 0 Å². The SMILES string of the molecule is COc1ccc2c(c1)C(CC=O)(c1ccccc1)C(=O)O2. The number of esters is 1. The Balaban J connectivity index is 2.26. The predicted octanol–water partition coefficient (Wildman–Crippen LogP) is 2.49. The van der Waals surface area contributed by atoms with E-state index in [-0.39, 0.29) is 6.42 Å². The van der Waals surface area contributed by atoms with Crippen LogP contribution >= 0.6 is 0 Å². The Morgan fingerprint density at radius 1 is 1.19 bits per heavy atom. The van der Waals surface area contributed by atoms with Gasteiger partial charge in [0.2, 0.25) is 0 Å². The van der Waals surface area contributed by atoms with E-state index in [1.54, 1.807) is 25.3 Å². The maximum absolute atomic E-state index is 12.5. The van der Waals surface area contributed by atoms with Gasteiger partial charge in [-0.3, -0.25) is 4.79 Å². The van der Waals surface area contributed by atoms with Crippen molar-refractivity contribution in [3.05, 3.63) is 59.7 Å². The highest BCUT2D eigenvalue weighted by Gasteiger charge is 2.50. The molecule has 2 aromatic rings. The van der Waals surface area contributed by atoms with Crippen LogP contribution in [0.5, 0.6) is 11.5 Å². The van der Waals surface area contributed by atoms with Crippen molar-refractivity contribution in [2.24, 2.45) is 0 Å². The number of aldehydes is 1. The number of rotatable bonds is 4. The van der Waals surface area contributed by atoms with Crippen molar-refractivity contribution >= 4 is 12.3 Å². The van der Waals surface area contributed by atoms with Gasteiger partial charge >= 0.3 is 5.97 Å². The average Bonchev–Trinajstić information content (AvgIpc) is 2.81. The molecule has 1 aliphatic rings. The van der Waals surface area contributed by atoms with E-state index >= 15 is 0 Å². The van der Waals surface area contributed by atoms with Crippen molar-refractivity contribution in [1.29, 1.82) is 0 Å². The van der Waals surface area contributed by atoms with Gasteiger partial charge in [-0.1, -0.05) is 30.3 Å². The fourth-order valence-corrected chi connectivity index (χ4v) is 2.79. The summed E-state index contributed by atoms with van der Waals surface area (Å²) in [5, 5.41) is 0. The van der Waals surface area contributed by atoms with Crippen LogP contribution in [0.15, 0.2) is 48.5 Å². The predicted molar refractivity (Wildman–Crippen MR) is 76.5 cm³/mol. The first-order valence-electron chi connectivity index (χ1n) is 6.62. The molecule has 1 heterocycles. The van der Waals surface area contributed by atoms with Gasteiger partial charge in [-0.25, -0.2) is 0 Å². The van der Waals surface area contributed by atoms with Crippen molar-refractivity contribution in [3.63, 3.8) is 0 Å². The minimum atomic E-state index is -1.09. The molecule has 1 atom stereocenters. The molecular formula is C17H14O4. The topological polar surface area (TPSA) is 52.6 Å². The summed E-state index contributed by atoms with van der Waals surface area (Å²) < 4.78 is 10.6. The largest absolute Gasteiger partial charge is 0.497 e. The Bertz CT molecular complexity index is 693. The number of carbonyl (C=O) groups excluding carboxylic acids is 2. The van der Waals surface area contributed by atoms with E-state index in [9.17, 15) is 9.59 Å². The van der Waals surface area contributed by atoms with E-state index < -0.39 is 11.4 Å². The van der Waals surface area contributed by atoms with Gasteiger partial charge in [0.05, 0.1) is 7.11 Å². The molecular weight excluding hydrogens is 268 g/mol. The van der Waals surface area contributed by atoms with E-state index in [1.165, 1.54) is 0 Å². The van der Waals surface area contributed by atoms with E-state index in [1.807, 2.05) is 30.3 Å². The van der Waals surface area contributed by atoms with E-state index in [0.717, 1.165) is 11.8 Å². The Hall–Kier alpha value is -2.62. The highest BCUT2D eigenvalue weighted by atomic mass is 16.5. The second-order valence-corrected chi connectivity index (χ2v) is 4.89. The number of benzene rings is 2. The third-order valence-electron chi connectivity index (χ3n) is 3.85. The molecule has 1 unspecified atom stereocenters. The first kappa shape index (κ1) is 13.4. The van der Waals surface area contributed by atoms with Crippen LogP contribution in [-0.2, 0) is 15.0 Å². The third-order valence-corrected chi connectivity index (χ3v) is 3.85. The molecule has 21 heavy (non-hydrogen) atoms. The van der Waals surface area contributed by atoms with Crippen molar-refractivity contribution in [1.82, 2.24) is 0 Å². The van der Waals surface area contributed by atoms with Crippen LogP contribution in [0.4, 0.5) is 0 Å². The molecule has 0 radical (unpaired) electrons. The fourth-order valence-electron chi connectivity index (χ4n) is 2.79. The Morgan fingerprint density at radius 2 is 1.95 bits per heavy atom. The van der Waals surface area contributed by atoms with Crippen molar-refractivity contribution in [2.75, 3.05) is 7.11 Å². The van der Waals surface area contributed by atoms with Crippen LogP contribution in [0, 0.1) is 0 Å². The van der Waals surface area contributed by atoms with Gasteiger partial charge in [-0.15, -0.1) is 0 Å². The molecule has 0 aliphatic carbocycles. The maximum Gasteiger partial charge on any atom is 0.327 e. The number of hydrogen-bond acceptors (Lipinski definition) is 4. The molecule has 0 spiro atoms. The Morgan fingerprint density at radius 3 is 2.62 bits per heavy atom. The van der Waals surface area contributed by atoms with Crippen LogP contribution in [0.2, 0.25) is 0 Å². The summed E-state index contributed by atoms with van der Waals surface area (Å²) in [6.45, 7) is 0. The van der Waals surface area contributed by atoms with Crippen molar-refractivity contribution in [2.45, 2.75) is 11.8 Å². The molecule has 0 saturated carbocycles. The summed E-state index contributed by atoms with van der Waals surface area (Å²) in [5.41, 5.74) is 0.326. The summed E-state index contributed by atoms with van der Waals surface area (Å²) in [5.74, 6) is 0.675. The monoisotopic (exact) mass is 282 g/mol. The number of carbonyl (C=O) groups is 2. The molecule has 1 aliphatic heterocycles. The highest BCUT2D eigenvalue weighted by Crippen LogP contribution is 2.47. The zero-order valence-corrected chi connectivity index (χ0v) is 11.5. The molecule has 2 aromatic carbocycles. The molecule has 0 aromatic heterocycles. The zero-order chi connectivity index (χ0) is 14.9. The van der Waals surface area contributed by atoms with Crippen LogP contribution in [0.1, 0.15) is 17.5 Å². The minimum Gasteiger partial charge on any atom is -0.497 e. The number of fused-ring (bicyclic) bond motifs is 1. The first-order chi connectivity index (χ1) is 10.2. The van der Waals surface area contributed by atoms with Crippen LogP contribution in [0.25, 0.3) is 0 Å². The lowest BCUT2D eigenvalue weighted by Gasteiger charge is -2.24. The number of hydrogen-bond donors (Lipinski definition) is 0. The normalized spacial score (nSPS) is 19.8. The van der Waals surface area contributed by atoms with Gasteiger partial charge < -0.3 is 14.3 Å². The van der Waals surface area contributed by atoms with Gasteiger partial charge in [0.25, 0.3) is 0 Å². The number of ether oxygens (including phenoxy) is 2. The van der Waals surface area contributed by atoms with E-state index in [0.29, 0.717) is 17.1 Å². The molecule has 3 rings (SSSR count). The number of methoxy groups -OCH3 is 1. The highest BCUT2D eigenvalue weighted by molar-refractivity contribution is 5.96. The quantitative estimate of drug-likeness (QED) is 0.491. The molecule has 0 amide bonds. The summed E-state index contributed by atoms with van der Waals surface area (Å²) in [7, 11) is 1.56. The molecule has 0 bridgehead atoms. The lowest BCUT2D eigenvalue weighted by molar-refractivity contribution is -0.138. The molecule has 106 valence electrons. The molecule has 0 saturated heterocycles. The van der Waals surface area contributed by atoms with Crippen LogP contribution in [0.3, 0.4) is 0 Å². The molecule has 0 fully saturated rings. The first-order valence-corrected chi connectivity index (χ1v) is 6.62. The van der Waals surface area contributed by atoms with E-state index in [4.69, 9.17) is 9.47 Å². The fraction of sp³-hybridized carbons (Fsp3) is 0.176. The second kappa shape index (κ2) is 5.05. The van der Waals surface area contributed by atoms with Crippen LogP contribution < -0.4 is 9.47 Å². The molecule has 0 N–H and O–H groups in total. The molecule has 4 nitrogen and oxygen atoms in total. The summed E-state index contributed by atoms with van der Waals surface area (Å²) in [4.78, 5) is 23.7. The smallest absolute Gasteiger partial charge is 0.327 e. The summed E-state index contributed by atoms with van der Waals surface area (Å²) in [6, 6.07) is 14.4. The second-order valence-electron chi connectivity index (χ2n) is 4.89. The standard InChI is InChI=1S/C17H14O4/c1-20-13-7-8-15-14(11-13)17(9-10-18,16(19)21-15)12-5-3-2-4-6-12/h2-8,10-11H,9H2,1H3. The van der Waals surface area contributed by atoms with Crippen molar-refractivity contribution in [3.8, 4) is 11.5 Å². The lowest BCUT2D eigenvalue weighted by Crippen LogP contribution is -2.35. The minimum absolute atomic E-state index is 0.0377. The van der Waals surface area contributed by atoms with Crippen LogP contribution in [-0.4, -0.2) is 19.4 Å². The third kappa shape index (κ3) is 1.91.